The number of carboxylic acids is 1. The number of ketones is 1. The Bertz CT molecular complexity index is 471. The summed E-state index contributed by atoms with van der Waals surface area (Å²) in [6, 6.07) is 6.34. The molecular weight excluding hydrogens is 236 g/mol. The molecule has 5 nitrogen and oxygen atoms in total. The van der Waals surface area contributed by atoms with Crippen LogP contribution < -0.4 is 4.74 Å². The number of carbonyl (C=O) groups is 2. The molecule has 0 saturated heterocycles. The predicted octanol–water partition coefficient (Wildman–Crippen LogP) is 2.03. The highest BCUT2D eigenvalue weighted by atomic mass is 16.5. The summed E-state index contributed by atoms with van der Waals surface area (Å²) in [4.78, 5) is 21.2. The first-order valence-corrected chi connectivity index (χ1v) is 5.35. The van der Waals surface area contributed by atoms with Crippen LogP contribution in [0, 0.1) is 0 Å². The first-order chi connectivity index (χ1) is 8.40. The maximum absolute atomic E-state index is 10.9. The van der Waals surface area contributed by atoms with E-state index in [1.165, 1.54) is 0 Å². The van der Waals surface area contributed by atoms with Crippen LogP contribution in [0.4, 0.5) is 0 Å². The number of carbonyl (C=O) groups excluding carboxylic acids is 1. The summed E-state index contributed by atoms with van der Waals surface area (Å²) in [5.74, 6) is -2.54. The summed E-state index contributed by atoms with van der Waals surface area (Å²) in [5.41, 5.74) is 0.348. The fraction of sp³-hybridized carbons (Fsp3) is 0.231. The first-order valence-electron chi connectivity index (χ1n) is 5.35. The minimum Gasteiger partial charge on any atom is -0.507 e. The summed E-state index contributed by atoms with van der Waals surface area (Å²) in [7, 11) is 0. The van der Waals surface area contributed by atoms with Gasteiger partial charge in [0.1, 0.15) is 11.5 Å². The highest BCUT2D eigenvalue weighted by Gasteiger charge is 2.10. The number of ether oxygens (including phenoxy) is 1. The molecule has 0 aliphatic rings. The molecule has 0 aliphatic heterocycles. The lowest BCUT2D eigenvalue weighted by molar-refractivity contribution is -0.146. The van der Waals surface area contributed by atoms with Gasteiger partial charge in [-0.15, -0.1) is 0 Å². The Kier molecular flexibility index (Phi) is 4.48. The van der Waals surface area contributed by atoms with Crippen LogP contribution >= 0.6 is 0 Å². The zero-order valence-corrected chi connectivity index (χ0v) is 10.1. The van der Waals surface area contributed by atoms with Gasteiger partial charge in [-0.2, -0.15) is 0 Å². The SMILES string of the molecule is CC(C)Oc1ccc(C(O)=CC(=O)C(=O)O)cc1. The molecule has 1 rings (SSSR count). The molecule has 5 heteroatoms. The van der Waals surface area contributed by atoms with E-state index in [9.17, 15) is 14.7 Å². The molecule has 0 amide bonds. The molecule has 0 spiro atoms. The Hall–Kier alpha value is -2.30. The lowest BCUT2D eigenvalue weighted by Crippen LogP contribution is -2.09. The van der Waals surface area contributed by atoms with Crippen molar-refractivity contribution in [3.63, 3.8) is 0 Å². The van der Waals surface area contributed by atoms with Gasteiger partial charge in [-0.05, 0) is 38.1 Å². The Balaban J connectivity index is 2.85. The number of rotatable bonds is 5. The molecule has 96 valence electrons. The van der Waals surface area contributed by atoms with Crippen molar-refractivity contribution in [2.75, 3.05) is 0 Å². The van der Waals surface area contributed by atoms with E-state index in [0.717, 1.165) is 0 Å². The van der Waals surface area contributed by atoms with Crippen LogP contribution in [0.25, 0.3) is 5.76 Å². The van der Waals surface area contributed by atoms with Crippen molar-refractivity contribution in [3.8, 4) is 5.75 Å². The lowest BCUT2D eigenvalue weighted by atomic mass is 10.1. The second kappa shape index (κ2) is 5.86. The van der Waals surface area contributed by atoms with E-state index in [4.69, 9.17) is 9.84 Å². The smallest absolute Gasteiger partial charge is 0.376 e. The number of aliphatic carboxylic acids is 1. The second-order valence-electron chi connectivity index (χ2n) is 3.89. The lowest BCUT2D eigenvalue weighted by Gasteiger charge is -2.09. The van der Waals surface area contributed by atoms with Crippen LogP contribution in [-0.2, 0) is 9.59 Å². The van der Waals surface area contributed by atoms with E-state index >= 15 is 0 Å². The van der Waals surface area contributed by atoms with E-state index in [1.807, 2.05) is 13.8 Å². The van der Waals surface area contributed by atoms with Crippen molar-refractivity contribution >= 4 is 17.5 Å². The Morgan fingerprint density at radius 3 is 2.17 bits per heavy atom. The summed E-state index contributed by atoms with van der Waals surface area (Å²) < 4.78 is 5.41. The first kappa shape index (κ1) is 13.8. The largest absolute Gasteiger partial charge is 0.507 e. The fourth-order valence-corrected chi connectivity index (χ4v) is 1.25. The van der Waals surface area contributed by atoms with Crippen molar-refractivity contribution in [1.82, 2.24) is 0 Å². The van der Waals surface area contributed by atoms with Crippen LogP contribution in [0.5, 0.6) is 5.75 Å². The van der Waals surface area contributed by atoms with E-state index in [-0.39, 0.29) is 6.10 Å². The van der Waals surface area contributed by atoms with E-state index in [1.54, 1.807) is 24.3 Å². The van der Waals surface area contributed by atoms with Gasteiger partial charge in [0.2, 0.25) is 0 Å². The molecule has 0 radical (unpaired) electrons. The van der Waals surface area contributed by atoms with Gasteiger partial charge >= 0.3 is 5.97 Å². The number of carboxylic acid groups (broad SMARTS) is 1. The Labute approximate surface area is 104 Å². The molecule has 0 fully saturated rings. The molecule has 18 heavy (non-hydrogen) atoms. The predicted molar refractivity (Wildman–Crippen MR) is 65.5 cm³/mol. The minimum absolute atomic E-state index is 0.0357. The van der Waals surface area contributed by atoms with E-state index in [0.29, 0.717) is 17.4 Å². The van der Waals surface area contributed by atoms with Gasteiger partial charge in [0.15, 0.2) is 0 Å². The van der Waals surface area contributed by atoms with Crippen molar-refractivity contribution < 1.29 is 24.5 Å². The van der Waals surface area contributed by atoms with Crippen molar-refractivity contribution in [2.45, 2.75) is 20.0 Å². The van der Waals surface area contributed by atoms with Gasteiger partial charge in [0.25, 0.3) is 5.78 Å². The fourth-order valence-electron chi connectivity index (χ4n) is 1.25. The average Bonchev–Trinajstić information content (AvgIpc) is 2.28. The third-order valence-electron chi connectivity index (χ3n) is 2.00. The summed E-state index contributed by atoms with van der Waals surface area (Å²) in [6.07, 6.45) is 0.703. The molecule has 0 bridgehead atoms. The van der Waals surface area contributed by atoms with Gasteiger partial charge in [-0.25, -0.2) is 4.79 Å². The van der Waals surface area contributed by atoms with Gasteiger partial charge in [-0.3, -0.25) is 4.79 Å². The van der Waals surface area contributed by atoms with Crippen molar-refractivity contribution in [2.24, 2.45) is 0 Å². The number of aliphatic hydroxyl groups excluding tert-OH is 1. The highest BCUT2D eigenvalue weighted by Crippen LogP contribution is 2.18. The third kappa shape index (κ3) is 3.93. The van der Waals surface area contributed by atoms with Crippen LogP contribution in [0.1, 0.15) is 19.4 Å². The summed E-state index contributed by atoms with van der Waals surface area (Å²) >= 11 is 0. The molecule has 0 atom stereocenters. The molecule has 0 aromatic heterocycles. The van der Waals surface area contributed by atoms with Crippen LogP contribution in [0.2, 0.25) is 0 Å². The standard InChI is InChI=1S/C13H14O5/c1-8(2)18-10-5-3-9(4-6-10)11(14)7-12(15)13(16)17/h3-8,14H,1-2H3,(H,16,17). The van der Waals surface area contributed by atoms with E-state index in [2.05, 4.69) is 0 Å². The quantitative estimate of drug-likeness (QED) is 0.474. The van der Waals surface area contributed by atoms with E-state index < -0.39 is 17.5 Å². The zero-order valence-electron chi connectivity index (χ0n) is 10.1. The van der Waals surface area contributed by atoms with Crippen LogP contribution in [0.15, 0.2) is 30.3 Å². The summed E-state index contributed by atoms with van der Waals surface area (Å²) in [6.45, 7) is 3.77. The molecule has 1 aromatic rings. The number of benzene rings is 1. The zero-order chi connectivity index (χ0) is 13.7. The molecule has 2 N–H and O–H groups in total. The number of aliphatic hydroxyl groups is 1. The molecule has 0 heterocycles. The van der Waals surface area contributed by atoms with Gasteiger partial charge in [0, 0.05) is 11.6 Å². The minimum atomic E-state index is -1.61. The maximum atomic E-state index is 10.9. The van der Waals surface area contributed by atoms with Crippen molar-refractivity contribution in [3.05, 3.63) is 35.9 Å². The summed E-state index contributed by atoms with van der Waals surface area (Å²) in [5, 5.41) is 17.9. The Morgan fingerprint density at radius 1 is 1.17 bits per heavy atom. The number of hydrogen-bond acceptors (Lipinski definition) is 4. The topological polar surface area (TPSA) is 83.8 Å². The molecular formula is C13H14O5. The molecule has 0 aliphatic carbocycles. The molecule has 0 saturated carbocycles. The van der Waals surface area contributed by atoms with Crippen molar-refractivity contribution in [1.29, 1.82) is 0 Å². The van der Waals surface area contributed by atoms with Gasteiger partial charge in [0.05, 0.1) is 6.10 Å². The van der Waals surface area contributed by atoms with Crippen LogP contribution in [0.3, 0.4) is 0 Å². The monoisotopic (exact) mass is 250 g/mol. The molecule has 0 unspecified atom stereocenters. The van der Waals surface area contributed by atoms with Gasteiger partial charge in [-0.1, -0.05) is 0 Å². The average molecular weight is 250 g/mol. The second-order valence-corrected chi connectivity index (χ2v) is 3.89. The third-order valence-corrected chi connectivity index (χ3v) is 2.00. The van der Waals surface area contributed by atoms with Crippen LogP contribution in [-0.4, -0.2) is 28.1 Å². The highest BCUT2D eigenvalue weighted by molar-refractivity contribution is 6.38. The van der Waals surface area contributed by atoms with Gasteiger partial charge < -0.3 is 14.9 Å². The Morgan fingerprint density at radius 2 is 1.72 bits per heavy atom. The normalized spacial score (nSPS) is 11.4. The number of hydrogen-bond donors (Lipinski definition) is 2. The maximum Gasteiger partial charge on any atom is 0.376 e. The molecule has 1 aromatic carbocycles.